The Balaban J connectivity index is 1.70. The van der Waals surface area contributed by atoms with Crippen LogP contribution in [0.3, 0.4) is 0 Å². The molecular weight excluding hydrogens is 407 g/mol. The zero-order chi connectivity index (χ0) is 19.3. The van der Waals surface area contributed by atoms with Gasteiger partial charge in [-0.1, -0.05) is 102 Å². The lowest BCUT2D eigenvalue weighted by Crippen LogP contribution is -2.47. The predicted molar refractivity (Wildman–Crippen MR) is 111 cm³/mol. The van der Waals surface area contributed by atoms with Crippen LogP contribution >= 0.6 is 34.8 Å². The van der Waals surface area contributed by atoms with E-state index in [9.17, 15) is 4.79 Å². The molecule has 1 atom stereocenters. The van der Waals surface area contributed by atoms with E-state index >= 15 is 0 Å². The summed E-state index contributed by atoms with van der Waals surface area (Å²) in [4.78, 5) is 17.2. The van der Waals surface area contributed by atoms with Gasteiger partial charge in [-0.25, -0.2) is 0 Å². The summed E-state index contributed by atoms with van der Waals surface area (Å²) in [5, 5.41) is 5.09. The zero-order valence-corrected chi connectivity index (χ0v) is 16.4. The average molecular weight is 424 g/mol. The number of hydrogen-bond acceptors (Lipinski definition) is 4. The highest BCUT2D eigenvalue weighted by atomic mass is 35.6. The Labute approximate surface area is 172 Å². The summed E-state index contributed by atoms with van der Waals surface area (Å²) in [5.41, 5.74) is 4.11. The van der Waals surface area contributed by atoms with Crippen molar-refractivity contribution in [3.63, 3.8) is 0 Å². The number of benzene rings is 3. The summed E-state index contributed by atoms with van der Waals surface area (Å²) in [7, 11) is 0. The van der Waals surface area contributed by atoms with Crippen LogP contribution < -0.4 is 10.8 Å². The monoisotopic (exact) mass is 422 g/mol. The van der Waals surface area contributed by atoms with Crippen molar-refractivity contribution in [2.24, 2.45) is 0 Å². The molecule has 4 nitrogen and oxygen atoms in total. The van der Waals surface area contributed by atoms with Crippen molar-refractivity contribution >= 4 is 57.2 Å². The summed E-state index contributed by atoms with van der Waals surface area (Å²) in [6.45, 7) is 0. The van der Waals surface area contributed by atoms with Crippen LogP contribution in [-0.4, -0.2) is 15.9 Å². The molecule has 3 aromatic rings. The van der Waals surface area contributed by atoms with Gasteiger partial charge >= 0.3 is 5.97 Å². The molecule has 0 aliphatic carbocycles. The maximum absolute atomic E-state index is 12.1. The highest BCUT2D eigenvalue weighted by molar-refractivity contribution is 6.68. The SMILES string of the molecule is O=C(Cc1ccccc1)ON[C@@H](Nc1cccc2ccccc12)C(Cl)(Cl)Cl. The van der Waals surface area contributed by atoms with E-state index in [1.165, 1.54) is 0 Å². The standard InChI is InChI=1S/C20H17Cl3N2O2/c21-20(22,23)19(25-27-18(26)13-14-7-2-1-3-8-14)24-17-12-6-10-15-9-4-5-11-16(15)17/h1-12,19,24-25H,13H2/t19-/m1/s1. The van der Waals surface area contributed by atoms with Crippen molar-refractivity contribution in [3.05, 3.63) is 78.4 Å². The lowest BCUT2D eigenvalue weighted by atomic mass is 10.1. The van der Waals surface area contributed by atoms with Gasteiger partial charge in [-0.3, -0.25) is 4.79 Å². The Hall–Kier alpha value is -1.98. The number of fused-ring (bicyclic) bond motifs is 1. The molecular formula is C20H17Cl3N2O2. The first-order chi connectivity index (χ1) is 12.9. The quantitative estimate of drug-likeness (QED) is 0.323. The van der Waals surface area contributed by atoms with Crippen LogP contribution in [0.15, 0.2) is 72.8 Å². The molecule has 2 N–H and O–H groups in total. The van der Waals surface area contributed by atoms with Gasteiger partial charge in [-0.2, -0.15) is 0 Å². The van der Waals surface area contributed by atoms with Crippen LogP contribution in [0.25, 0.3) is 10.8 Å². The third-order valence-corrected chi connectivity index (χ3v) is 4.55. The molecule has 0 aliphatic rings. The molecule has 0 radical (unpaired) electrons. The van der Waals surface area contributed by atoms with E-state index in [-0.39, 0.29) is 6.42 Å². The van der Waals surface area contributed by atoms with Crippen molar-refractivity contribution in [2.45, 2.75) is 16.4 Å². The minimum absolute atomic E-state index is 0.106. The highest BCUT2D eigenvalue weighted by Crippen LogP contribution is 2.33. The molecule has 27 heavy (non-hydrogen) atoms. The van der Waals surface area contributed by atoms with Crippen molar-refractivity contribution in [2.75, 3.05) is 5.32 Å². The number of hydroxylamine groups is 1. The van der Waals surface area contributed by atoms with Crippen molar-refractivity contribution in [1.29, 1.82) is 0 Å². The highest BCUT2D eigenvalue weighted by Gasteiger charge is 2.34. The van der Waals surface area contributed by atoms with E-state index in [2.05, 4.69) is 10.8 Å². The van der Waals surface area contributed by atoms with Gasteiger partial charge in [0.2, 0.25) is 3.79 Å². The maximum Gasteiger partial charge on any atom is 0.329 e. The molecule has 0 saturated heterocycles. The number of halogens is 3. The van der Waals surface area contributed by atoms with Crippen molar-refractivity contribution in [3.8, 4) is 0 Å². The first-order valence-electron chi connectivity index (χ1n) is 8.23. The molecule has 0 amide bonds. The maximum atomic E-state index is 12.1. The Morgan fingerprint density at radius 2 is 1.59 bits per heavy atom. The summed E-state index contributed by atoms with van der Waals surface area (Å²) in [5.74, 6) is -0.486. The fraction of sp³-hybridized carbons (Fsp3) is 0.150. The van der Waals surface area contributed by atoms with E-state index in [1.807, 2.05) is 72.8 Å². The van der Waals surface area contributed by atoms with E-state index in [0.717, 1.165) is 22.0 Å². The molecule has 7 heteroatoms. The Bertz CT molecular complexity index is 908. The molecule has 140 valence electrons. The Morgan fingerprint density at radius 1 is 0.926 bits per heavy atom. The van der Waals surface area contributed by atoms with Gasteiger partial charge in [0, 0.05) is 11.1 Å². The minimum Gasteiger partial charge on any atom is -0.368 e. The van der Waals surface area contributed by atoms with E-state index in [4.69, 9.17) is 39.6 Å². The number of hydrogen-bond donors (Lipinski definition) is 2. The van der Waals surface area contributed by atoms with Crippen LogP contribution in [0.2, 0.25) is 0 Å². The second-order valence-electron chi connectivity index (χ2n) is 5.90. The second kappa shape index (κ2) is 8.81. The average Bonchev–Trinajstić information content (AvgIpc) is 2.65. The van der Waals surface area contributed by atoms with Gasteiger partial charge in [0.1, 0.15) is 0 Å². The number of nitrogens with one attached hydrogen (secondary N) is 2. The fourth-order valence-electron chi connectivity index (χ4n) is 2.61. The van der Waals surface area contributed by atoms with E-state index < -0.39 is 15.9 Å². The van der Waals surface area contributed by atoms with E-state index in [1.54, 1.807) is 0 Å². The van der Waals surface area contributed by atoms with Gasteiger partial charge in [0.25, 0.3) is 0 Å². The van der Waals surface area contributed by atoms with Gasteiger partial charge in [-0.05, 0) is 17.0 Å². The number of carbonyl (C=O) groups excluding carboxylic acids is 1. The third kappa shape index (κ3) is 5.50. The number of carbonyl (C=O) groups is 1. The number of anilines is 1. The lowest BCUT2D eigenvalue weighted by Gasteiger charge is -2.27. The minimum atomic E-state index is -1.76. The molecule has 3 rings (SSSR count). The Morgan fingerprint density at radius 3 is 2.33 bits per heavy atom. The first kappa shape index (κ1) is 19.8. The molecule has 0 aromatic heterocycles. The molecule has 0 saturated carbocycles. The molecule has 0 bridgehead atoms. The lowest BCUT2D eigenvalue weighted by molar-refractivity contribution is -0.151. The van der Waals surface area contributed by atoms with Crippen molar-refractivity contribution in [1.82, 2.24) is 5.48 Å². The third-order valence-electron chi connectivity index (χ3n) is 3.90. The number of alkyl halides is 3. The van der Waals surface area contributed by atoms with Gasteiger partial charge in [0.05, 0.1) is 6.42 Å². The van der Waals surface area contributed by atoms with Gasteiger partial charge in [-0.15, -0.1) is 5.48 Å². The van der Waals surface area contributed by atoms with Crippen molar-refractivity contribution < 1.29 is 9.63 Å². The molecule has 0 aliphatic heterocycles. The van der Waals surface area contributed by atoms with Crippen LogP contribution in [0.1, 0.15) is 5.56 Å². The zero-order valence-electron chi connectivity index (χ0n) is 14.2. The molecule has 0 heterocycles. The molecule has 3 aromatic carbocycles. The Kier molecular flexibility index (Phi) is 6.45. The largest absolute Gasteiger partial charge is 0.368 e. The second-order valence-corrected chi connectivity index (χ2v) is 8.27. The summed E-state index contributed by atoms with van der Waals surface area (Å²) >= 11 is 18.2. The predicted octanol–water partition coefficient (Wildman–Crippen LogP) is 5.24. The van der Waals surface area contributed by atoms with Crippen LogP contribution in [0.4, 0.5) is 5.69 Å². The summed E-state index contributed by atoms with van der Waals surface area (Å²) in [6.07, 6.45) is -0.845. The summed E-state index contributed by atoms with van der Waals surface area (Å²) < 4.78 is -1.76. The van der Waals surface area contributed by atoms with Gasteiger partial charge in [0.15, 0.2) is 6.17 Å². The fourth-order valence-corrected chi connectivity index (χ4v) is 2.91. The topological polar surface area (TPSA) is 50.4 Å². The molecule has 0 fully saturated rings. The van der Waals surface area contributed by atoms with Crippen LogP contribution in [-0.2, 0) is 16.1 Å². The first-order valence-corrected chi connectivity index (χ1v) is 9.37. The number of rotatable bonds is 6. The van der Waals surface area contributed by atoms with Crippen LogP contribution in [0.5, 0.6) is 0 Å². The normalized spacial score (nSPS) is 12.6. The van der Waals surface area contributed by atoms with E-state index in [0.29, 0.717) is 0 Å². The summed E-state index contributed by atoms with van der Waals surface area (Å²) in [6, 6.07) is 22.8. The molecule has 0 unspecified atom stereocenters. The van der Waals surface area contributed by atoms with Gasteiger partial charge < -0.3 is 10.2 Å². The smallest absolute Gasteiger partial charge is 0.329 e. The molecule has 0 spiro atoms. The van der Waals surface area contributed by atoms with Crippen LogP contribution in [0, 0.1) is 0 Å².